The Labute approximate surface area is 116 Å². The first-order chi connectivity index (χ1) is 9.58. The van der Waals surface area contributed by atoms with Crippen LogP contribution in [0.2, 0.25) is 0 Å². The lowest BCUT2D eigenvalue weighted by Gasteiger charge is -2.24. The molecule has 5 heteroatoms. The van der Waals surface area contributed by atoms with Gasteiger partial charge in [0.25, 0.3) is 5.56 Å². The van der Waals surface area contributed by atoms with Crippen molar-refractivity contribution in [1.82, 2.24) is 9.78 Å². The number of anilines is 1. The van der Waals surface area contributed by atoms with Gasteiger partial charge in [0.15, 0.2) is 0 Å². The van der Waals surface area contributed by atoms with Gasteiger partial charge in [0.05, 0.1) is 5.56 Å². The van der Waals surface area contributed by atoms with E-state index >= 15 is 0 Å². The van der Waals surface area contributed by atoms with Crippen molar-refractivity contribution in [3.05, 3.63) is 51.8 Å². The summed E-state index contributed by atoms with van der Waals surface area (Å²) in [7, 11) is 0. The Morgan fingerprint density at radius 2 is 1.90 bits per heavy atom. The van der Waals surface area contributed by atoms with Crippen molar-refractivity contribution in [3.8, 4) is 0 Å². The number of nitrogens with one attached hydrogen (secondary N) is 2. The molecule has 2 N–H and O–H groups in total. The largest absolute Gasteiger partial charge is 0.311 e. The number of fused-ring (bicyclic) bond motifs is 1. The molecule has 0 fully saturated rings. The van der Waals surface area contributed by atoms with Crippen molar-refractivity contribution in [3.63, 3.8) is 0 Å². The summed E-state index contributed by atoms with van der Waals surface area (Å²) in [6.45, 7) is 3.93. The Kier molecular flexibility index (Phi) is 2.97. The van der Waals surface area contributed by atoms with Gasteiger partial charge in [-0.1, -0.05) is 30.3 Å². The summed E-state index contributed by atoms with van der Waals surface area (Å²) in [5, 5.41) is 5.64. The van der Waals surface area contributed by atoms with Crippen LogP contribution in [0.1, 0.15) is 43.4 Å². The van der Waals surface area contributed by atoms with Crippen molar-refractivity contribution in [2.24, 2.45) is 0 Å². The molecule has 104 valence electrons. The molecule has 0 saturated carbocycles. The maximum absolute atomic E-state index is 12.3. The molecule has 0 unspecified atom stereocenters. The van der Waals surface area contributed by atoms with Crippen LogP contribution < -0.4 is 10.9 Å². The lowest BCUT2D eigenvalue weighted by molar-refractivity contribution is -0.116. The Morgan fingerprint density at radius 1 is 1.20 bits per heavy atom. The van der Waals surface area contributed by atoms with Gasteiger partial charge < -0.3 is 5.32 Å². The van der Waals surface area contributed by atoms with Crippen LogP contribution in [0.3, 0.4) is 0 Å². The molecule has 20 heavy (non-hydrogen) atoms. The van der Waals surface area contributed by atoms with E-state index in [0.29, 0.717) is 17.8 Å². The van der Waals surface area contributed by atoms with E-state index in [2.05, 4.69) is 10.4 Å². The van der Waals surface area contributed by atoms with E-state index in [1.54, 1.807) is 4.68 Å². The number of carbonyl (C=O) groups is 1. The number of hydrogen-bond acceptors (Lipinski definition) is 2. The van der Waals surface area contributed by atoms with Crippen molar-refractivity contribution >= 4 is 11.7 Å². The van der Waals surface area contributed by atoms with Crippen LogP contribution in [0.5, 0.6) is 0 Å². The summed E-state index contributed by atoms with van der Waals surface area (Å²) < 4.78 is 1.73. The molecule has 0 bridgehead atoms. The van der Waals surface area contributed by atoms with E-state index in [9.17, 15) is 9.59 Å². The molecule has 1 aliphatic rings. The summed E-state index contributed by atoms with van der Waals surface area (Å²) in [6, 6.07) is 9.78. The number of hydrogen-bond donors (Lipinski definition) is 2. The zero-order valence-corrected chi connectivity index (χ0v) is 11.5. The van der Waals surface area contributed by atoms with E-state index < -0.39 is 0 Å². The van der Waals surface area contributed by atoms with Crippen LogP contribution in [0, 0.1) is 0 Å². The monoisotopic (exact) mass is 271 g/mol. The van der Waals surface area contributed by atoms with Gasteiger partial charge in [0.1, 0.15) is 5.82 Å². The quantitative estimate of drug-likeness (QED) is 0.879. The highest BCUT2D eigenvalue weighted by atomic mass is 16.2. The number of aromatic amines is 1. The second kappa shape index (κ2) is 4.67. The Balaban J connectivity index is 2.18. The first-order valence-electron chi connectivity index (χ1n) is 6.77. The third kappa shape index (κ3) is 1.95. The molecule has 1 amide bonds. The van der Waals surface area contributed by atoms with E-state index in [4.69, 9.17) is 0 Å². The average molecular weight is 271 g/mol. The predicted octanol–water partition coefficient (Wildman–Crippen LogP) is 2.23. The fraction of sp³-hybridized carbons (Fsp3) is 0.333. The smallest absolute Gasteiger partial charge is 0.270 e. The fourth-order valence-corrected chi connectivity index (χ4v) is 2.74. The van der Waals surface area contributed by atoms with Gasteiger partial charge in [-0.3, -0.25) is 19.4 Å². The topological polar surface area (TPSA) is 66.9 Å². The molecule has 5 nitrogen and oxygen atoms in total. The van der Waals surface area contributed by atoms with Gasteiger partial charge in [-0.2, -0.15) is 0 Å². The fourth-order valence-electron chi connectivity index (χ4n) is 2.74. The molecule has 1 atom stereocenters. The van der Waals surface area contributed by atoms with E-state index in [1.165, 1.54) is 0 Å². The normalized spacial score (nSPS) is 17.9. The van der Waals surface area contributed by atoms with Crippen LogP contribution in [0.25, 0.3) is 0 Å². The molecule has 0 spiro atoms. The van der Waals surface area contributed by atoms with Gasteiger partial charge in [-0.25, -0.2) is 0 Å². The molecule has 0 saturated heterocycles. The number of benzene rings is 1. The summed E-state index contributed by atoms with van der Waals surface area (Å²) in [6.07, 6.45) is 0.308. The molecule has 1 aromatic heterocycles. The molecule has 0 radical (unpaired) electrons. The predicted molar refractivity (Wildman–Crippen MR) is 77.0 cm³/mol. The van der Waals surface area contributed by atoms with Gasteiger partial charge in [0.2, 0.25) is 5.91 Å². The van der Waals surface area contributed by atoms with Crippen molar-refractivity contribution in [2.75, 3.05) is 5.32 Å². The molecular formula is C15H17N3O2. The summed E-state index contributed by atoms with van der Waals surface area (Å²) >= 11 is 0. The molecule has 0 aliphatic carbocycles. The minimum Gasteiger partial charge on any atom is -0.311 e. The zero-order chi connectivity index (χ0) is 14.3. The lowest BCUT2D eigenvalue weighted by atomic mass is 9.87. The average Bonchev–Trinajstić information content (AvgIpc) is 2.76. The van der Waals surface area contributed by atoms with E-state index in [1.807, 2.05) is 44.2 Å². The highest BCUT2D eigenvalue weighted by Crippen LogP contribution is 2.35. The number of rotatable bonds is 2. The number of nitrogens with zero attached hydrogens (tertiary/aromatic N) is 1. The molecular weight excluding hydrogens is 254 g/mol. The SMILES string of the molecule is CC(C)n1[nH]c(=O)c2c1NC(=O)C[C@@H]2c1ccccc1. The summed E-state index contributed by atoms with van der Waals surface area (Å²) in [5.74, 6) is 0.374. The third-order valence-electron chi connectivity index (χ3n) is 3.68. The minimum atomic E-state index is -0.177. The van der Waals surface area contributed by atoms with Crippen molar-refractivity contribution in [1.29, 1.82) is 0 Å². The van der Waals surface area contributed by atoms with Gasteiger partial charge in [-0.15, -0.1) is 0 Å². The number of amides is 1. The Hall–Kier alpha value is -2.30. The van der Waals surface area contributed by atoms with E-state index in [0.717, 1.165) is 5.56 Å². The Bertz CT molecular complexity index is 698. The van der Waals surface area contributed by atoms with Crippen LogP contribution in [-0.2, 0) is 4.79 Å². The molecule has 3 rings (SSSR count). The van der Waals surface area contributed by atoms with Gasteiger partial charge in [0, 0.05) is 18.4 Å². The molecule has 2 heterocycles. The first kappa shape index (κ1) is 12.7. The van der Waals surface area contributed by atoms with E-state index in [-0.39, 0.29) is 23.4 Å². The van der Waals surface area contributed by atoms with Crippen molar-refractivity contribution in [2.45, 2.75) is 32.2 Å². The zero-order valence-electron chi connectivity index (χ0n) is 11.5. The van der Waals surface area contributed by atoms with Crippen LogP contribution >= 0.6 is 0 Å². The standard InChI is InChI=1S/C15H17N3O2/c1-9(2)18-14-13(15(20)17-18)11(8-12(19)16-14)10-6-4-3-5-7-10/h3-7,9,11H,8H2,1-2H3,(H,16,19)(H,17,20)/t11-/m1/s1. The molecule has 1 aromatic carbocycles. The minimum absolute atomic E-state index is 0.0558. The highest BCUT2D eigenvalue weighted by molar-refractivity contribution is 5.94. The highest BCUT2D eigenvalue weighted by Gasteiger charge is 2.32. The number of carbonyl (C=O) groups excluding carboxylic acids is 1. The Morgan fingerprint density at radius 3 is 2.55 bits per heavy atom. The van der Waals surface area contributed by atoms with Gasteiger partial charge >= 0.3 is 0 Å². The third-order valence-corrected chi connectivity index (χ3v) is 3.68. The van der Waals surface area contributed by atoms with Crippen LogP contribution in [-0.4, -0.2) is 15.7 Å². The van der Waals surface area contributed by atoms with Crippen molar-refractivity contribution < 1.29 is 4.79 Å². The number of H-pyrrole nitrogens is 1. The maximum atomic E-state index is 12.3. The number of aromatic nitrogens is 2. The summed E-state index contributed by atoms with van der Waals surface area (Å²) in [5.41, 5.74) is 1.53. The first-order valence-corrected chi connectivity index (χ1v) is 6.77. The maximum Gasteiger partial charge on any atom is 0.270 e. The second-order valence-electron chi connectivity index (χ2n) is 5.38. The van der Waals surface area contributed by atoms with Crippen LogP contribution in [0.4, 0.5) is 5.82 Å². The second-order valence-corrected chi connectivity index (χ2v) is 5.38. The summed E-state index contributed by atoms with van der Waals surface area (Å²) in [4.78, 5) is 24.2. The van der Waals surface area contributed by atoms with Gasteiger partial charge in [-0.05, 0) is 19.4 Å². The van der Waals surface area contributed by atoms with Crippen LogP contribution in [0.15, 0.2) is 35.1 Å². The molecule has 1 aliphatic heterocycles. The molecule has 2 aromatic rings. The lowest BCUT2D eigenvalue weighted by Crippen LogP contribution is -2.27.